The van der Waals surface area contributed by atoms with E-state index in [1.807, 2.05) is 36.4 Å². The van der Waals surface area contributed by atoms with Crippen LogP contribution in [0.2, 0.25) is 0 Å². The van der Waals surface area contributed by atoms with E-state index < -0.39 is 5.41 Å². The van der Waals surface area contributed by atoms with Crippen molar-refractivity contribution in [3.63, 3.8) is 0 Å². The number of methoxy groups -OCH3 is 1. The first-order valence-corrected chi connectivity index (χ1v) is 4.59. The van der Waals surface area contributed by atoms with E-state index in [0.717, 1.165) is 11.3 Å². The van der Waals surface area contributed by atoms with E-state index >= 15 is 0 Å². The van der Waals surface area contributed by atoms with Crippen LogP contribution in [0, 0.1) is 28.1 Å². The van der Waals surface area contributed by atoms with Gasteiger partial charge in [-0.2, -0.15) is 10.5 Å². The van der Waals surface area contributed by atoms with Crippen LogP contribution in [-0.4, -0.2) is 7.11 Å². The van der Waals surface area contributed by atoms with Crippen LogP contribution >= 0.6 is 0 Å². The summed E-state index contributed by atoms with van der Waals surface area (Å²) in [7, 11) is 1.60. The molecule has 3 nitrogen and oxygen atoms in total. The van der Waals surface area contributed by atoms with Crippen molar-refractivity contribution in [1.29, 1.82) is 10.5 Å². The number of hydrogen-bond donors (Lipinski definition) is 0. The molecular weight excluding hydrogens is 188 g/mol. The quantitative estimate of drug-likeness (QED) is 0.752. The van der Waals surface area contributed by atoms with Crippen molar-refractivity contribution in [2.75, 3.05) is 7.11 Å². The van der Waals surface area contributed by atoms with E-state index in [1.54, 1.807) is 14.0 Å². The minimum Gasteiger partial charge on any atom is -0.497 e. The standard InChI is InChI=1S/C12H12N2O/c1-12(8-13,9-14)7-10-3-5-11(15-2)6-4-10/h3-6H,7H2,1-2H3. The maximum atomic E-state index is 8.85. The fourth-order valence-corrected chi connectivity index (χ4v) is 1.26. The molecule has 0 radical (unpaired) electrons. The monoisotopic (exact) mass is 200 g/mol. The van der Waals surface area contributed by atoms with Crippen LogP contribution in [0.5, 0.6) is 5.75 Å². The van der Waals surface area contributed by atoms with Crippen LogP contribution in [0.3, 0.4) is 0 Å². The van der Waals surface area contributed by atoms with Crippen LogP contribution in [0.1, 0.15) is 12.5 Å². The van der Waals surface area contributed by atoms with E-state index in [0.29, 0.717) is 6.42 Å². The summed E-state index contributed by atoms with van der Waals surface area (Å²) >= 11 is 0. The van der Waals surface area contributed by atoms with Crippen molar-refractivity contribution in [3.8, 4) is 17.9 Å². The summed E-state index contributed by atoms with van der Waals surface area (Å²) in [5, 5.41) is 17.7. The molecule has 0 aromatic heterocycles. The normalized spacial score (nSPS) is 10.1. The largest absolute Gasteiger partial charge is 0.497 e. The van der Waals surface area contributed by atoms with Crippen LogP contribution in [0.25, 0.3) is 0 Å². The molecule has 0 fully saturated rings. The van der Waals surface area contributed by atoms with Gasteiger partial charge in [0.15, 0.2) is 0 Å². The molecule has 0 saturated carbocycles. The highest BCUT2D eigenvalue weighted by molar-refractivity contribution is 5.30. The third-order valence-electron chi connectivity index (χ3n) is 2.21. The molecule has 1 aromatic rings. The van der Waals surface area contributed by atoms with Crippen molar-refractivity contribution in [1.82, 2.24) is 0 Å². The Balaban J connectivity index is 2.83. The van der Waals surface area contributed by atoms with Crippen molar-refractivity contribution < 1.29 is 4.74 Å². The fourth-order valence-electron chi connectivity index (χ4n) is 1.26. The SMILES string of the molecule is COc1ccc(CC(C)(C#N)C#N)cc1. The Hall–Kier alpha value is -2.00. The van der Waals surface area contributed by atoms with Crippen molar-refractivity contribution in [2.45, 2.75) is 13.3 Å². The number of nitriles is 2. The summed E-state index contributed by atoms with van der Waals surface area (Å²) in [4.78, 5) is 0. The number of nitrogens with zero attached hydrogens (tertiary/aromatic N) is 2. The molecule has 0 unspecified atom stereocenters. The minimum absolute atomic E-state index is 0.435. The molecule has 0 amide bonds. The van der Waals surface area contributed by atoms with Crippen molar-refractivity contribution >= 4 is 0 Å². The minimum atomic E-state index is -0.950. The van der Waals surface area contributed by atoms with E-state index in [4.69, 9.17) is 15.3 Å². The highest BCUT2D eigenvalue weighted by Crippen LogP contribution is 2.22. The van der Waals surface area contributed by atoms with Gasteiger partial charge in [-0.3, -0.25) is 0 Å². The zero-order chi connectivity index (χ0) is 11.3. The van der Waals surface area contributed by atoms with Crippen LogP contribution in [0.4, 0.5) is 0 Å². The van der Waals surface area contributed by atoms with Gasteiger partial charge in [-0.25, -0.2) is 0 Å². The average molecular weight is 200 g/mol. The molecule has 0 atom stereocenters. The van der Waals surface area contributed by atoms with Crippen LogP contribution in [0.15, 0.2) is 24.3 Å². The van der Waals surface area contributed by atoms with Gasteiger partial charge in [-0.1, -0.05) is 12.1 Å². The molecule has 0 aliphatic carbocycles. The summed E-state index contributed by atoms with van der Waals surface area (Å²) in [6, 6.07) is 11.4. The molecule has 0 aliphatic heterocycles. The Morgan fingerprint density at radius 1 is 1.20 bits per heavy atom. The number of hydrogen-bond acceptors (Lipinski definition) is 3. The molecule has 0 saturated heterocycles. The lowest BCUT2D eigenvalue weighted by molar-refractivity contribution is 0.414. The van der Waals surface area contributed by atoms with Gasteiger partial charge in [0.25, 0.3) is 0 Å². The molecule has 0 N–H and O–H groups in total. The predicted octanol–water partition coefficient (Wildman–Crippen LogP) is 2.29. The molecule has 76 valence electrons. The molecule has 3 heteroatoms. The summed E-state index contributed by atoms with van der Waals surface area (Å²) < 4.78 is 5.02. The number of ether oxygens (including phenoxy) is 1. The Morgan fingerprint density at radius 2 is 1.73 bits per heavy atom. The van der Waals surface area contributed by atoms with E-state index in [-0.39, 0.29) is 0 Å². The Labute approximate surface area is 89.5 Å². The summed E-state index contributed by atoms with van der Waals surface area (Å²) in [5.41, 5.74) is 0.00982. The molecule has 15 heavy (non-hydrogen) atoms. The molecule has 0 heterocycles. The van der Waals surface area contributed by atoms with Crippen LogP contribution < -0.4 is 4.74 Å². The average Bonchev–Trinajstić information content (AvgIpc) is 2.30. The molecule has 0 spiro atoms. The Morgan fingerprint density at radius 3 is 2.13 bits per heavy atom. The van der Waals surface area contributed by atoms with Gasteiger partial charge in [-0.05, 0) is 24.6 Å². The summed E-state index contributed by atoms with van der Waals surface area (Å²) in [5.74, 6) is 0.773. The second kappa shape index (κ2) is 4.48. The summed E-state index contributed by atoms with van der Waals surface area (Å²) in [6.07, 6.45) is 0.435. The van der Waals surface area contributed by atoms with Gasteiger partial charge in [0.2, 0.25) is 0 Å². The topological polar surface area (TPSA) is 56.8 Å². The van der Waals surface area contributed by atoms with E-state index in [1.165, 1.54) is 0 Å². The number of benzene rings is 1. The van der Waals surface area contributed by atoms with Crippen molar-refractivity contribution in [2.24, 2.45) is 5.41 Å². The first-order chi connectivity index (χ1) is 7.13. The van der Waals surface area contributed by atoms with Gasteiger partial charge >= 0.3 is 0 Å². The lowest BCUT2D eigenvalue weighted by Gasteiger charge is -2.11. The van der Waals surface area contributed by atoms with Gasteiger partial charge in [0.1, 0.15) is 11.2 Å². The second-order valence-electron chi connectivity index (χ2n) is 3.58. The molecule has 1 aromatic carbocycles. The maximum Gasteiger partial charge on any atom is 0.145 e. The van der Waals surface area contributed by atoms with E-state index in [2.05, 4.69) is 0 Å². The van der Waals surface area contributed by atoms with Crippen molar-refractivity contribution in [3.05, 3.63) is 29.8 Å². The highest BCUT2D eigenvalue weighted by atomic mass is 16.5. The molecule has 0 aliphatic rings. The number of rotatable bonds is 3. The third kappa shape index (κ3) is 2.72. The molecular formula is C12H12N2O. The van der Waals surface area contributed by atoms with Gasteiger partial charge < -0.3 is 4.74 Å². The lowest BCUT2D eigenvalue weighted by atomic mass is 9.87. The lowest BCUT2D eigenvalue weighted by Crippen LogP contribution is -2.14. The Bertz CT molecular complexity index is 395. The Kier molecular flexibility index (Phi) is 3.31. The van der Waals surface area contributed by atoms with Gasteiger partial charge in [0, 0.05) is 6.42 Å². The first-order valence-electron chi connectivity index (χ1n) is 4.59. The maximum absolute atomic E-state index is 8.85. The zero-order valence-corrected chi connectivity index (χ0v) is 8.82. The predicted molar refractivity (Wildman–Crippen MR) is 56.0 cm³/mol. The van der Waals surface area contributed by atoms with Gasteiger partial charge in [0.05, 0.1) is 19.2 Å². The van der Waals surface area contributed by atoms with Gasteiger partial charge in [-0.15, -0.1) is 0 Å². The summed E-state index contributed by atoms with van der Waals surface area (Å²) in [6.45, 7) is 1.64. The zero-order valence-electron chi connectivity index (χ0n) is 8.82. The molecule has 1 rings (SSSR count). The van der Waals surface area contributed by atoms with Crippen LogP contribution in [-0.2, 0) is 6.42 Å². The first kappa shape index (κ1) is 11.1. The molecule has 0 bridgehead atoms. The smallest absolute Gasteiger partial charge is 0.145 e. The fraction of sp³-hybridized carbons (Fsp3) is 0.333. The second-order valence-corrected chi connectivity index (χ2v) is 3.58. The highest BCUT2D eigenvalue weighted by Gasteiger charge is 2.23. The van der Waals surface area contributed by atoms with E-state index in [9.17, 15) is 0 Å². The third-order valence-corrected chi connectivity index (χ3v) is 2.21.